The molecule has 17 heavy (non-hydrogen) atoms. The lowest BCUT2D eigenvalue weighted by molar-refractivity contribution is -0.152. The lowest BCUT2D eigenvalue weighted by atomic mass is 9.90. The fraction of sp³-hybridized carbons (Fsp3) is 0.600. The standard InChI is InChI=1S/C10H15N3O3S/c1-5-7(15)12-6(14)4-13(5)9(16)10(2,3)8(11)17/h5H,4H2,1-3H3,(H2,11,17)(H,12,14,15). The number of rotatable bonds is 2. The number of hydrogen-bond donors (Lipinski definition) is 2. The van der Waals surface area contributed by atoms with Gasteiger partial charge in [0, 0.05) is 0 Å². The third-order valence-electron chi connectivity index (χ3n) is 2.84. The Morgan fingerprint density at radius 1 is 1.53 bits per heavy atom. The molecule has 0 saturated carbocycles. The summed E-state index contributed by atoms with van der Waals surface area (Å²) in [5, 5.41) is 2.16. The van der Waals surface area contributed by atoms with Crippen LogP contribution in [0.3, 0.4) is 0 Å². The van der Waals surface area contributed by atoms with Gasteiger partial charge < -0.3 is 10.6 Å². The fourth-order valence-corrected chi connectivity index (χ4v) is 1.51. The van der Waals surface area contributed by atoms with Gasteiger partial charge in [-0.05, 0) is 20.8 Å². The third kappa shape index (κ3) is 2.44. The summed E-state index contributed by atoms with van der Waals surface area (Å²) in [5.41, 5.74) is 4.42. The molecule has 3 N–H and O–H groups in total. The van der Waals surface area contributed by atoms with Crippen LogP contribution < -0.4 is 11.1 Å². The van der Waals surface area contributed by atoms with Gasteiger partial charge in [0.05, 0.1) is 10.4 Å². The Labute approximate surface area is 105 Å². The first-order valence-corrected chi connectivity index (χ1v) is 5.53. The van der Waals surface area contributed by atoms with Crippen LogP contribution in [0.5, 0.6) is 0 Å². The van der Waals surface area contributed by atoms with Gasteiger partial charge in [-0.3, -0.25) is 19.7 Å². The van der Waals surface area contributed by atoms with Crippen molar-refractivity contribution in [2.75, 3.05) is 6.54 Å². The number of nitrogens with two attached hydrogens (primary N) is 1. The summed E-state index contributed by atoms with van der Waals surface area (Å²) >= 11 is 4.82. The van der Waals surface area contributed by atoms with Gasteiger partial charge in [0.15, 0.2) is 0 Å². The van der Waals surface area contributed by atoms with Gasteiger partial charge in [0.1, 0.15) is 12.6 Å². The molecule has 0 aromatic heterocycles. The van der Waals surface area contributed by atoms with E-state index >= 15 is 0 Å². The zero-order chi connectivity index (χ0) is 13.4. The molecule has 0 aromatic carbocycles. The molecule has 1 atom stereocenters. The van der Waals surface area contributed by atoms with Crippen LogP contribution in [0.15, 0.2) is 0 Å². The molecule has 0 aliphatic carbocycles. The summed E-state index contributed by atoms with van der Waals surface area (Å²) in [7, 11) is 0. The maximum Gasteiger partial charge on any atom is 0.249 e. The molecule has 7 heteroatoms. The SMILES string of the molecule is CC1C(=O)NC(=O)CN1C(=O)C(C)(C)C(N)=S. The highest BCUT2D eigenvalue weighted by molar-refractivity contribution is 7.80. The average molecular weight is 257 g/mol. The number of hydrogen-bond acceptors (Lipinski definition) is 4. The molecule has 1 fully saturated rings. The number of thiocarbonyl (C=S) groups is 1. The third-order valence-corrected chi connectivity index (χ3v) is 3.35. The molecule has 6 nitrogen and oxygen atoms in total. The maximum absolute atomic E-state index is 12.2. The van der Waals surface area contributed by atoms with Gasteiger partial charge in [0.2, 0.25) is 17.7 Å². The smallest absolute Gasteiger partial charge is 0.249 e. The lowest BCUT2D eigenvalue weighted by Gasteiger charge is -2.36. The van der Waals surface area contributed by atoms with Crippen LogP contribution >= 0.6 is 12.2 Å². The molecule has 0 aromatic rings. The van der Waals surface area contributed by atoms with Crippen molar-refractivity contribution in [2.45, 2.75) is 26.8 Å². The van der Waals surface area contributed by atoms with Gasteiger partial charge >= 0.3 is 0 Å². The van der Waals surface area contributed by atoms with E-state index in [1.54, 1.807) is 20.8 Å². The number of nitrogens with one attached hydrogen (secondary N) is 1. The van der Waals surface area contributed by atoms with Crippen molar-refractivity contribution in [1.82, 2.24) is 10.2 Å². The van der Waals surface area contributed by atoms with E-state index in [0.29, 0.717) is 0 Å². The van der Waals surface area contributed by atoms with E-state index in [2.05, 4.69) is 5.32 Å². The monoisotopic (exact) mass is 257 g/mol. The Balaban J connectivity index is 2.99. The first-order chi connectivity index (χ1) is 7.67. The van der Waals surface area contributed by atoms with E-state index < -0.39 is 29.2 Å². The molecule has 94 valence electrons. The Morgan fingerprint density at radius 2 is 2.06 bits per heavy atom. The highest BCUT2D eigenvalue weighted by Gasteiger charge is 2.41. The molecule has 1 aliphatic rings. The zero-order valence-electron chi connectivity index (χ0n) is 9.94. The molecule has 0 spiro atoms. The molecule has 0 radical (unpaired) electrons. The van der Waals surface area contributed by atoms with Gasteiger partial charge in [-0.15, -0.1) is 0 Å². The zero-order valence-corrected chi connectivity index (χ0v) is 10.8. The second-order valence-corrected chi connectivity index (χ2v) is 4.95. The number of amides is 3. The highest BCUT2D eigenvalue weighted by Crippen LogP contribution is 2.21. The quantitative estimate of drug-likeness (QED) is 0.497. The van der Waals surface area contributed by atoms with E-state index in [9.17, 15) is 14.4 Å². The van der Waals surface area contributed by atoms with Gasteiger partial charge in [0.25, 0.3) is 0 Å². The number of piperazine rings is 1. The summed E-state index contributed by atoms with van der Waals surface area (Å²) in [6, 6.07) is -0.700. The molecule has 0 bridgehead atoms. The number of carbonyl (C=O) groups is 3. The Morgan fingerprint density at radius 3 is 2.53 bits per heavy atom. The number of imide groups is 1. The maximum atomic E-state index is 12.2. The van der Waals surface area contributed by atoms with Crippen LogP contribution in [-0.4, -0.2) is 40.2 Å². The van der Waals surface area contributed by atoms with Crippen molar-refractivity contribution in [1.29, 1.82) is 0 Å². The van der Waals surface area contributed by atoms with E-state index in [4.69, 9.17) is 18.0 Å². The molecule has 3 amide bonds. The molecule has 1 saturated heterocycles. The van der Waals surface area contributed by atoms with Crippen LogP contribution in [0.25, 0.3) is 0 Å². The molecule has 1 unspecified atom stereocenters. The summed E-state index contributed by atoms with van der Waals surface area (Å²) < 4.78 is 0. The van der Waals surface area contributed by atoms with E-state index in [-0.39, 0.29) is 11.5 Å². The average Bonchev–Trinajstić information content (AvgIpc) is 2.22. The van der Waals surface area contributed by atoms with Crippen LogP contribution in [-0.2, 0) is 14.4 Å². The molecular formula is C10H15N3O3S. The van der Waals surface area contributed by atoms with Crippen LogP contribution in [0.1, 0.15) is 20.8 Å². The van der Waals surface area contributed by atoms with Crippen molar-refractivity contribution in [3.8, 4) is 0 Å². The number of nitrogens with zero attached hydrogens (tertiary/aromatic N) is 1. The summed E-state index contributed by atoms with van der Waals surface area (Å²) in [6.45, 7) is 4.54. The molecule has 1 heterocycles. The second kappa shape index (κ2) is 4.40. The van der Waals surface area contributed by atoms with Crippen molar-refractivity contribution in [3.05, 3.63) is 0 Å². The van der Waals surface area contributed by atoms with Gasteiger partial charge in [-0.2, -0.15) is 0 Å². The van der Waals surface area contributed by atoms with Gasteiger partial charge in [-0.1, -0.05) is 12.2 Å². The van der Waals surface area contributed by atoms with E-state index in [0.717, 1.165) is 0 Å². The topological polar surface area (TPSA) is 92.5 Å². The molecule has 1 aliphatic heterocycles. The molecular weight excluding hydrogens is 242 g/mol. The summed E-state index contributed by atoms with van der Waals surface area (Å²) in [6.07, 6.45) is 0. The first-order valence-electron chi connectivity index (χ1n) is 5.12. The second-order valence-electron chi connectivity index (χ2n) is 4.51. The van der Waals surface area contributed by atoms with Crippen molar-refractivity contribution >= 4 is 34.9 Å². The highest BCUT2D eigenvalue weighted by atomic mass is 32.1. The minimum absolute atomic E-state index is 0.0353. The Hall–Kier alpha value is -1.50. The Kier molecular flexibility index (Phi) is 3.51. The van der Waals surface area contributed by atoms with Gasteiger partial charge in [-0.25, -0.2) is 0 Å². The van der Waals surface area contributed by atoms with Crippen LogP contribution in [0.2, 0.25) is 0 Å². The van der Waals surface area contributed by atoms with Crippen molar-refractivity contribution in [3.63, 3.8) is 0 Å². The predicted molar refractivity (Wildman–Crippen MR) is 64.9 cm³/mol. The van der Waals surface area contributed by atoms with E-state index in [1.165, 1.54) is 4.90 Å². The fourth-order valence-electron chi connectivity index (χ4n) is 1.43. The predicted octanol–water partition coefficient (Wildman–Crippen LogP) is -0.828. The number of carbonyl (C=O) groups excluding carboxylic acids is 3. The normalized spacial score (nSPS) is 21.1. The van der Waals surface area contributed by atoms with E-state index in [1.807, 2.05) is 0 Å². The first kappa shape index (κ1) is 13.6. The lowest BCUT2D eigenvalue weighted by Crippen LogP contribution is -2.61. The minimum Gasteiger partial charge on any atom is -0.392 e. The Bertz CT molecular complexity index is 406. The van der Waals surface area contributed by atoms with Crippen LogP contribution in [0.4, 0.5) is 0 Å². The molecule has 1 rings (SSSR count). The largest absolute Gasteiger partial charge is 0.392 e. The minimum atomic E-state index is -1.07. The van der Waals surface area contributed by atoms with Crippen molar-refractivity contribution in [2.24, 2.45) is 11.1 Å². The van der Waals surface area contributed by atoms with Crippen LogP contribution in [0, 0.1) is 5.41 Å². The van der Waals surface area contributed by atoms with Crippen molar-refractivity contribution < 1.29 is 14.4 Å². The summed E-state index contributed by atoms with van der Waals surface area (Å²) in [5.74, 6) is -1.41. The summed E-state index contributed by atoms with van der Waals surface area (Å²) in [4.78, 5) is 36.1.